The van der Waals surface area contributed by atoms with Gasteiger partial charge in [0, 0.05) is 24.3 Å². The monoisotopic (exact) mass is 500 g/mol. The minimum atomic E-state index is -0.629. The predicted octanol–water partition coefficient (Wildman–Crippen LogP) is 5.75. The highest BCUT2D eigenvalue weighted by Gasteiger charge is 2.36. The number of nitrogens with zero attached hydrogens (tertiary/aromatic N) is 1. The van der Waals surface area contributed by atoms with Gasteiger partial charge in [-0.1, -0.05) is 38.1 Å². The number of anilines is 2. The zero-order chi connectivity index (χ0) is 26.5. The number of ether oxygens (including phenoxy) is 2. The number of carbonyl (C=O) groups is 3. The Morgan fingerprint density at radius 1 is 1.00 bits per heavy atom. The van der Waals surface area contributed by atoms with E-state index in [0.717, 1.165) is 22.4 Å². The normalized spacial score (nSPS) is 15.1. The zero-order valence-electron chi connectivity index (χ0n) is 21.6. The quantitative estimate of drug-likeness (QED) is 0.398. The van der Waals surface area contributed by atoms with Gasteiger partial charge in [0.1, 0.15) is 11.5 Å². The second kappa shape index (κ2) is 11.3. The molecule has 0 bridgehead atoms. The molecule has 3 aromatic rings. The van der Waals surface area contributed by atoms with E-state index in [-0.39, 0.29) is 18.9 Å². The molecule has 1 aliphatic heterocycles. The maximum absolute atomic E-state index is 12.6. The maximum Gasteiger partial charge on any atom is 0.311 e. The fraction of sp³-hybridized carbons (Fsp3) is 0.300. The Bertz CT molecular complexity index is 1300. The molecule has 1 N–H and O–H groups in total. The number of aryl methyl sites for hydroxylation is 2. The molecule has 3 aromatic carbocycles. The number of benzene rings is 3. The molecule has 192 valence electrons. The number of nitrogens with one attached hydrogen (secondary N) is 1. The number of hydrogen-bond donors (Lipinski definition) is 1. The van der Waals surface area contributed by atoms with E-state index in [4.69, 9.17) is 9.47 Å². The van der Waals surface area contributed by atoms with Gasteiger partial charge in [-0.25, -0.2) is 0 Å². The average Bonchev–Trinajstić information content (AvgIpc) is 3.24. The first-order valence-corrected chi connectivity index (χ1v) is 12.4. The Hall–Kier alpha value is -4.13. The van der Waals surface area contributed by atoms with Crippen LogP contribution in [0.2, 0.25) is 0 Å². The summed E-state index contributed by atoms with van der Waals surface area (Å²) in [5.74, 6) is 0.0210. The van der Waals surface area contributed by atoms with Crippen LogP contribution in [-0.4, -0.2) is 30.9 Å². The summed E-state index contributed by atoms with van der Waals surface area (Å²) >= 11 is 0. The molecule has 0 radical (unpaired) electrons. The van der Waals surface area contributed by atoms with Crippen molar-refractivity contribution in [3.05, 3.63) is 83.4 Å². The Morgan fingerprint density at radius 3 is 2.43 bits per heavy atom. The summed E-state index contributed by atoms with van der Waals surface area (Å²) in [6, 6.07) is 20.8. The summed E-state index contributed by atoms with van der Waals surface area (Å²) in [6.07, 6.45) is 0.0393. The maximum atomic E-state index is 12.6. The van der Waals surface area contributed by atoms with Crippen LogP contribution in [0.5, 0.6) is 11.5 Å². The van der Waals surface area contributed by atoms with Gasteiger partial charge in [-0.3, -0.25) is 14.4 Å². The Labute approximate surface area is 217 Å². The van der Waals surface area contributed by atoms with Crippen LogP contribution in [0.1, 0.15) is 42.9 Å². The average molecular weight is 501 g/mol. The van der Waals surface area contributed by atoms with Crippen molar-refractivity contribution in [1.29, 1.82) is 0 Å². The molecule has 1 aliphatic rings. The first-order chi connectivity index (χ1) is 17.7. The van der Waals surface area contributed by atoms with Gasteiger partial charge in [0.05, 0.1) is 5.92 Å². The molecule has 7 heteroatoms. The molecule has 1 saturated heterocycles. The van der Waals surface area contributed by atoms with Gasteiger partial charge in [-0.15, -0.1) is 0 Å². The van der Waals surface area contributed by atoms with Gasteiger partial charge < -0.3 is 19.7 Å². The summed E-state index contributed by atoms with van der Waals surface area (Å²) in [4.78, 5) is 38.9. The second-order valence-electron chi connectivity index (χ2n) is 9.72. The lowest BCUT2D eigenvalue weighted by atomic mass is 10.0. The van der Waals surface area contributed by atoms with Crippen LogP contribution in [0, 0.1) is 19.8 Å². The molecule has 2 amide bonds. The van der Waals surface area contributed by atoms with Crippen LogP contribution >= 0.6 is 0 Å². The van der Waals surface area contributed by atoms with E-state index in [1.807, 2.05) is 50.2 Å². The fourth-order valence-electron chi connectivity index (χ4n) is 4.32. The minimum Gasteiger partial charge on any atom is -0.457 e. The van der Waals surface area contributed by atoms with Crippen molar-refractivity contribution in [2.75, 3.05) is 23.4 Å². The van der Waals surface area contributed by atoms with Crippen molar-refractivity contribution < 1.29 is 23.9 Å². The van der Waals surface area contributed by atoms with Gasteiger partial charge in [0.25, 0.3) is 5.91 Å². The minimum absolute atomic E-state index is 0.0393. The summed E-state index contributed by atoms with van der Waals surface area (Å²) in [7, 11) is 0. The number of esters is 1. The molecule has 0 spiro atoms. The van der Waals surface area contributed by atoms with E-state index in [1.54, 1.807) is 23.1 Å². The third-order valence-corrected chi connectivity index (χ3v) is 6.27. The molecular weight excluding hydrogens is 468 g/mol. The van der Waals surface area contributed by atoms with Crippen molar-refractivity contribution in [1.82, 2.24) is 0 Å². The molecule has 1 fully saturated rings. The van der Waals surface area contributed by atoms with E-state index in [9.17, 15) is 14.4 Å². The smallest absolute Gasteiger partial charge is 0.311 e. The fourth-order valence-corrected chi connectivity index (χ4v) is 4.32. The number of carbonyl (C=O) groups excluding carboxylic acids is 3. The Morgan fingerprint density at radius 2 is 1.73 bits per heavy atom. The van der Waals surface area contributed by atoms with Gasteiger partial charge >= 0.3 is 5.97 Å². The van der Waals surface area contributed by atoms with E-state index < -0.39 is 24.4 Å². The topological polar surface area (TPSA) is 84.9 Å². The lowest BCUT2D eigenvalue weighted by Gasteiger charge is -2.18. The van der Waals surface area contributed by atoms with Crippen molar-refractivity contribution >= 4 is 29.2 Å². The largest absolute Gasteiger partial charge is 0.457 e. The third kappa shape index (κ3) is 6.55. The second-order valence-corrected chi connectivity index (χ2v) is 9.72. The van der Waals surface area contributed by atoms with Gasteiger partial charge in [-0.2, -0.15) is 0 Å². The lowest BCUT2D eigenvalue weighted by Crippen LogP contribution is -2.28. The van der Waals surface area contributed by atoms with E-state index in [2.05, 4.69) is 31.3 Å². The molecule has 0 unspecified atom stereocenters. The van der Waals surface area contributed by atoms with Crippen molar-refractivity contribution in [3.8, 4) is 11.5 Å². The molecule has 4 rings (SSSR count). The predicted molar refractivity (Wildman–Crippen MR) is 143 cm³/mol. The van der Waals surface area contributed by atoms with Crippen molar-refractivity contribution in [3.63, 3.8) is 0 Å². The van der Waals surface area contributed by atoms with Crippen LogP contribution in [0.15, 0.2) is 66.7 Å². The first kappa shape index (κ1) is 25.9. The zero-order valence-corrected chi connectivity index (χ0v) is 21.6. The third-order valence-electron chi connectivity index (χ3n) is 6.27. The number of rotatable bonds is 8. The summed E-state index contributed by atoms with van der Waals surface area (Å²) in [5, 5.41) is 2.70. The number of amides is 2. The van der Waals surface area contributed by atoms with Gasteiger partial charge in [0.15, 0.2) is 6.61 Å². The Balaban J connectivity index is 1.33. The summed E-state index contributed by atoms with van der Waals surface area (Å²) in [6.45, 7) is 7.99. The lowest BCUT2D eigenvalue weighted by molar-refractivity contribution is -0.151. The SMILES string of the molecule is Cc1cccc(NC(=O)COC(=O)[C@@H]2CC(=O)N(c3ccc(Oc4cc(C)ccc4C(C)C)cc3)C2)c1. The highest BCUT2D eigenvalue weighted by atomic mass is 16.5. The highest BCUT2D eigenvalue weighted by Crippen LogP contribution is 2.33. The molecule has 7 nitrogen and oxygen atoms in total. The van der Waals surface area contributed by atoms with E-state index in [0.29, 0.717) is 23.0 Å². The van der Waals surface area contributed by atoms with Gasteiger partial charge in [-0.05, 0) is 78.9 Å². The van der Waals surface area contributed by atoms with Crippen molar-refractivity contribution in [2.45, 2.75) is 40.0 Å². The van der Waals surface area contributed by atoms with Gasteiger partial charge in [0.2, 0.25) is 5.91 Å². The van der Waals surface area contributed by atoms with E-state index >= 15 is 0 Å². The number of hydrogen-bond acceptors (Lipinski definition) is 5. The molecule has 1 heterocycles. The molecule has 0 aliphatic carbocycles. The molecule has 0 saturated carbocycles. The molecular formula is C30H32N2O5. The molecule has 37 heavy (non-hydrogen) atoms. The van der Waals surface area contributed by atoms with E-state index in [1.165, 1.54) is 0 Å². The Kier molecular flexibility index (Phi) is 7.92. The van der Waals surface area contributed by atoms with Crippen LogP contribution in [-0.2, 0) is 19.1 Å². The van der Waals surface area contributed by atoms with Crippen LogP contribution in [0.4, 0.5) is 11.4 Å². The van der Waals surface area contributed by atoms with Crippen molar-refractivity contribution in [2.24, 2.45) is 5.92 Å². The highest BCUT2D eigenvalue weighted by molar-refractivity contribution is 6.00. The molecule has 1 atom stereocenters. The van der Waals surface area contributed by atoms with Crippen LogP contribution in [0.25, 0.3) is 0 Å². The summed E-state index contributed by atoms with van der Waals surface area (Å²) in [5.41, 5.74) is 4.56. The first-order valence-electron chi connectivity index (χ1n) is 12.4. The standard InChI is InChI=1S/C30H32N2O5/c1-19(2)26-13-8-21(4)15-27(26)37-25-11-9-24(10-12-25)32-17-22(16-29(32)34)30(35)36-18-28(33)31-23-7-5-6-20(3)14-23/h5-15,19,22H,16-18H2,1-4H3,(H,31,33)/t22-/m1/s1. The summed E-state index contributed by atoms with van der Waals surface area (Å²) < 4.78 is 11.3. The van der Waals surface area contributed by atoms with Crippen LogP contribution in [0.3, 0.4) is 0 Å². The molecule has 0 aromatic heterocycles. The van der Waals surface area contributed by atoms with Crippen LogP contribution < -0.4 is 15.0 Å².